The highest BCUT2D eigenvalue weighted by atomic mass is 32.2. The van der Waals surface area contributed by atoms with E-state index in [-0.39, 0.29) is 17.5 Å². The molecule has 114 valence electrons. The van der Waals surface area contributed by atoms with Crippen molar-refractivity contribution < 1.29 is 13.2 Å². The van der Waals surface area contributed by atoms with Crippen LogP contribution >= 0.6 is 0 Å². The summed E-state index contributed by atoms with van der Waals surface area (Å²) in [5.41, 5.74) is 5.85. The lowest BCUT2D eigenvalue weighted by Crippen LogP contribution is -2.45. The van der Waals surface area contributed by atoms with E-state index in [0.29, 0.717) is 25.3 Å². The first-order valence-corrected chi connectivity index (χ1v) is 8.43. The molecule has 1 aliphatic heterocycles. The second-order valence-corrected chi connectivity index (χ2v) is 6.67. The second-order valence-electron chi connectivity index (χ2n) is 4.77. The van der Waals surface area contributed by atoms with Crippen LogP contribution in [-0.2, 0) is 14.8 Å². The maximum absolute atomic E-state index is 12.8. The van der Waals surface area contributed by atoms with Crippen LogP contribution < -0.4 is 5.73 Å². The van der Waals surface area contributed by atoms with Crippen molar-refractivity contribution in [3.63, 3.8) is 0 Å². The summed E-state index contributed by atoms with van der Waals surface area (Å²) >= 11 is 0. The van der Waals surface area contributed by atoms with Crippen LogP contribution in [0, 0.1) is 11.8 Å². The minimum atomic E-state index is -3.56. The predicted octanol–water partition coefficient (Wildman–Crippen LogP) is 0.796. The van der Waals surface area contributed by atoms with E-state index in [9.17, 15) is 8.42 Å². The first-order chi connectivity index (χ1) is 10.1. The van der Waals surface area contributed by atoms with Gasteiger partial charge in [-0.05, 0) is 18.6 Å². The third-order valence-corrected chi connectivity index (χ3v) is 5.31. The van der Waals surface area contributed by atoms with Crippen LogP contribution in [0.4, 0.5) is 0 Å². The van der Waals surface area contributed by atoms with Crippen molar-refractivity contribution in [3.8, 4) is 11.8 Å². The number of rotatable bonds is 3. The Morgan fingerprint density at radius 3 is 2.90 bits per heavy atom. The van der Waals surface area contributed by atoms with E-state index in [0.717, 1.165) is 6.42 Å². The van der Waals surface area contributed by atoms with Gasteiger partial charge in [-0.25, -0.2) is 8.42 Å². The van der Waals surface area contributed by atoms with Gasteiger partial charge >= 0.3 is 0 Å². The van der Waals surface area contributed by atoms with Crippen molar-refractivity contribution in [1.82, 2.24) is 4.31 Å². The molecule has 0 bridgehead atoms. The van der Waals surface area contributed by atoms with Crippen LogP contribution in [0.3, 0.4) is 0 Å². The fourth-order valence-electron chi connectivity index (χ4n) is 2.24. The number of hydrogen-bond donors (Lipinski definition) is 1. The Morgan fingerprint density at radius 2 is 2.19 bits per heavy atom. The number of hydrogen-bond acceptors (Lipinski definition) is 4. The Hall–Kier alpha value is -1.39. The van der Waals surface area contributed by atoms with Gasteiger partial charge in [-0.1, -0.05) is 30.9 Å². The average Bonchev–Trinajstić information content (AvgIpc) is 2.53. The zero-order valence-electron chi connectivity index (χ0n) is 12.1. The lowest BCUT2D eigenvalue weighted by atomic mass is 10.2. The molecule has 1 aromatic carbocycles. The predicted molar refractivity (Wildman–Crippen MR) is 81.2 cm³/mol. The Labute approximate surface area is 126 Å². The monoisotopic (exact) mass is 308 g/mol. The quantitative estimate of drug-likeness (QED) is 0.838. The Bertz CT molecular complexity index is 646. The highest BCUT2D eigenvalue weighted by Crippen LogP contribution is 2.22. The summed E-state index contributed by atoms with van der Waals surface area (Å²) in [5.74, 6) is 5.54. The van der Waals surface area contributed by atoms with Crippen LogP contribution in [0.15, 0.2) is 29.2 Å². The number of benzene rings is 1. The van der Waals surface area contributed by atoms with Crippen molar-refractivity contribution in [2.45, 2.75) is 24.3 Å². The molecule has 1 aromatic rings. The zero-order valence-corrected chi connectivity index (χ0v) is 12.9. The summed E-state index contributed by atoms with van der Waals surface area (Å²) in [6.45, 7) is 3.37. The minimum absolute atomic E-state index is 0.0455. The van der Waals surface area contributed by atoms with Gasteiger partial charge in [0.1, 0.15) is 0 Å². The van der Waals surface area contributed by atoms with Crippen LogP contribution in [0.1, 0.15) is 18.9 Å². The molecular formula is C15H20N2O3S. The van der Waals surface area contributed by atoms with Gasteiger partial charge < -0.3 is 10.5 Å². The number of morpholine rings is 1. The van der Waals surface area contributed by atoms with Crippen molar-refractivity contribution in [2.24, 2.45) is 5.73 Å². The molecule has 0 aliphatic carbocycles. The Kier molecular flexibility index (Phi) is 5.37. The summed E-state index contributed by atoms with van der Waals surface area (Å²) in [6.07, 6.45) is 0.747. The summed E-state index contributed by atoms with van der Waals surface area (Å²) in [7, 11) is -3.56. The summed E-state index contributed by atoms with van der Waals surface area (Å²) in [6, 6.07) is 6.77. The van der Waals surface area contributed by atoms with E-state index in [1.807, 2.05) is 6.92 Å². The maximum atomic E-state index is 12.8. The lowest BCUT2D eigenvalue weighted by molar-refractivity contribution is -0.00278. The molecule has 1 fully saturated rings. The van der Waals surface area contributed by atoms with Gasteiger partial charge in [0, 0.05) is 18.7 Å². The molecule has 21 heavy (non-hydrogen) atoms. The van der Waals surface area contributed by atoms with Gasteiger partial charge in [0.2, 0.25) is 10.0 Å². The molecule has 0 spiro atoms. The third-order valence-electron chi connectivity index (χ3n) is 3.39. The molecule has 1 unspecified atom stereocenters. The largest absolute Gasteiger partial charge is 0.375 e. The standard InChI is InChI=1S/C15H20N2O3S/c1-2-14-12-17(10-11-20-14)21(18,19)15-8-4-3-6-13(15)7-5-9-16/h3-4,6,8,14H,2,9-12,16H2,1H3. The molecule has 1 atom stereocenters. The minimum Gasteiger partial charge on any atom is -0.375 e. The van der Waals surface area contributed by atoms with E-state index >= 15 is 0 Å². The van der Waals surface area contributed by atoms with Crippen molar-refractivity contribution in [1.29, 1.82) is 0 Å². The summed E-state index contributed by atoms with van der Waals surface area (Å²) in [5, 5.41) is 0. The molecule has 6 heteroatoms. The highest BCUT2D eigenvalue weighted by molar-refractivity contribution is 7.89. The zero-order chi connectivity index (χ0) is 15.3. The highest BCUT2D eigenvalue weighted by Gasteiger charge is 2.31. The fourth-order valence-corrected chi connectivity index (χ4v) is 3.84. The normalized spacial score (nSPS) is 19.8. The fraction of sp³-hybridized carbons (Fsp3) is 0.467. The van der Waals surface area contributed by atoms with Crippen LogP contribution in [0.5, 0.6) is 0 Å². The molecule has 0 radical (unpaired) electrons. The SMILES string of the molecule is CCC1CN(S(=O)(=O)c2ccccc2C#CCN)CCO1. The molecule has 1 saturated heterocycles. The molecular weight excluding hydrogens is 288 g/mol. The van der Waals surface area contributed by atoms with Crippen LogP contribution in [-0.4, -0.2) is 45.1 Å². The number of nitrogens with two attached hydrogens (primary N) is 1. The molecule has 0 amide bonds. The molecule has 2 N–H and O–H groups in total. The smallest absolute Gasteiger partial charge is 0.244 e. The third kappa shape index (κ3) is 3.63. The van der Waals surface area contributed by atoms with E-state index in [1.54, 1.807) is 24.3 Å². The summed E-state index contributed by atoms with van der Waals surface area (Å²) in [4.78, 5) is 0.239. The van der Waals surface area contributed by atoms with Crippen LogP contribution in [0.2, 0.25) is 0 Å². The van der Waals surface area contributed by atoms with E-state index < -0.39 is 10.0 Å². The van der Waals surface area contributed by atoms with Gasteiger partial charge in [-0.2, -0.15) is 4.31 Å². The molecule has 0 aromatic heterocycles. The topological polar surface area (TPSA) is 72.6 Å². The van der Waals surface area contributed by atoms with E-state index in [2.05, 4.69) is 11.8 Å². The second kappa shape index (κ2) is 7.05. The lowest BCUT2D eigenvalue weighted by Gasteiger charge is -2.31. The van der Waals surface area contributed by atoms with E-state index in [1.165, 1.54) is 4.31 Å². The average molecular weight is 308 g/mol. The van der Waals surface area contributed by atoms with Gasteiger partial charge in [-0.15, -0.1) is 0 Å². The van der Waals surface area contributed by atoms with Gasteiger partial charge in [-0.3, -0.25) is 0 Å². The number of nitrogens with zero attached hydrogens (tertiary/aromatic N) is 1. The summed E-state index contributed by atoms with van der Waals surface area (Å²) < 4.78 is 32.6. The molecule has 2 rings (SSSR count). The first kappa shape index (κ1) is 16.0. The van der Waals surface area contributed by atoms with Gasteiger partial charge in [0.15, 0.2) is 0 Å². The number of ether oxygens (including phenoxy) is 1. The molecule has 1 heterocycles. The molecule has 1 aliphatic rings. The van der Waals surface area contributed by atoms with Gasteiger partial charge in [0.05, 0.1) is 24.2 Å². The van der Waals surface area contributed by atoms with Crippen molar-refractivity contribution in [2.75, 3.05) is 26.2 Å². The van der Waals surface area contributed by atoms with Crippen LogP contribution in [0.25, 0.3) is 0 Å². The van der Waals surface area contributed by atoms with Crippen molar-refractivity contribution in [3.05, 3.63) is 29.8 Å². The van der Waals surface area contributed by atoms with Gasteiger partial charge in [0.25, 0.3) is 0 Å². The Balaban J connectivity index is 2.35. The van der Waals surface area contributed by atoms with Crippen molar-refractivity contribution >= 4 is 10.0 Å². The molecule has 0 saturated carbocycles. The number of sulfonamides is 1. The first-order valence-electron chi connectivity index (χ1n) is 6.99. The Morgan fingerprint density at radius 1 is 1.43 bits per heavy atom. The van der Waals surface area contributed by atoms with E-state index in [4.69, 9.17) is 10.5 Å². The maximum Gasteiger partial charge on any atom is 0.244 e. The molecule has 5 nitrogen and oxygen atoms in total.